The summed E-state index contributed by atoms with van der Waals surface area (Å²) in [5.74, 6) is -0.248. The fourth-order valence-corrected chi connectivity index (χ4v) is 3.84. The third-order valence-electron chi connectivity index (χ3n) is 4.15. The van der Waals surface area contributed by atoms with Gasteiger partial charge in [-0.05, 0) is 38.1 Å². The molecule has 2 heterocycles. The molecule has 0 aliphatic heterocycles. The second kappa shape index (κ2) is 8.00. The van der Waals surface area contributed by atoms with Crippen molar-refractivity contribution in [1.29, 1.82) is 0 Å². The zero-order chi connectivity index (χ0) is 20.5. The number of hydrogen-bond acceptors (Lipinski definition) is 4. The maximum absolute atomic E-state index is 12.7. The molecule has 0 aliphatic rings. The molecule has 28 heavy (non-hydrogen) atoms. The van der Waals surface area contributed by atoms with Gasteiger partial charge in [-0.1, -0.05) is 29.4 Å². The average molecular weight is 429 g/mol. The molecule has 0 N–H and O–H groups in total. The normalized spacial score (nSPS) is 11.8. The molecule has 148 valence electrons. The number of benzene rings is 1. The van der Waals surface area contributed by atoms with Crippen molar-refractivity contribution in [1.82, 2.24) is 19.3 Å². The largest absolute Gasteiger partial charge is 0.406 e. The molecule has 0 spiro atoms. The molecule has 0 saturated heterocycles. The van der Waals surface area contributed by atoms with E-state index in [1.54, 1.807) is 29.7 Å². The molecule has 0 atom stereocenters. The van der Waals surface area contributed by atoms with Crippen molar-refractivity contribution >= 4 is 29.1 Å². The zero-order valence-corrected chi connectivity index (χ0v) is 16.6. The van der Waals surface area contributed by atoms with Crippen molar-refractivity contribution in [3.05, 3.63) is 58.6 Å². The van der Waals surface area contributed by atoms with E-state index in [2.05, 4.69) is 10.2 Å². The van der Waals surface area contributed by atoms with Gasteiger partial charge in [-0.15, -0.1) is 10.2 Å². The number of Topliss-reactive ketones (excluding diaryl/α,β-unsaturated/α-hetero) is 1. The van der Waals surface area contributed by atoms with Crippen LogP contribution in [0.4, 0.5) is 13.2 Å². The van der Waals surface area contributed by atoms with E-state index in [-0.39, 0.29) is 17.1 Å². The number of thioether (sulfide) groups is 1. The highest BCUT2D eigenvalue weighted by atomic mass is 35.5. The number of alkyl halides is 3. The quantitative estimate of drug-likeness (QED) is 0.415. The van der Waals surface area contributed by atoms with Crippen LogP contribution in [-0.4, -0.2) is 37.0 Å². The van der Waals surface area contributed by atoms with Gasteiger partial charge in [-0.3, -0.25) is 9.36 Å². The van der Waals surface area contributed by atoms with Crippen molar-refractivity contribution in [2.75, 3.05) is 5.75 Å². The van der Waals surface area contributed by atoms with E-state index in [1.807, 2.05) is 6.07 Å². The first kappa shape index (κ1) is 20.5. The summed E-state index contributed by atoms with van der Waals surface area (Å²) in [6, 6.07) is 8.58. The van der Waals surface area contributed by atoms with Gasteiger partial charge in [-0.25, -0.2) is 0 Å². The fraction of sp³-hybridized carbons (Fsp3) is 0.278. The molecule has 0 fully saturated rings. The zero-order valence-electron chi connectivity index (χ0n) is 15.0. The van der Waals surface area contributed by atoms with E-state index in [0.29, 0.717) is 21.6 Å². The Hall–Kier alpha value is -2.26. The molecule has 5 nitrogen and oxygen atoms in total. The van der Waals surface area contributed by atoms with Gasteiger partial charge >= 0.3 is 6.18 Å². The van der Waals surface area contributed by atoms with Crippen LogP contribution in [0, 0.1) is 13.8 Å². The second-order valence-corrected chi connectivity index (χ2v) is 7.54. The number of aromatic nitrogens is 4. The van der Waals surface area contributed by atoms with E-state index in [1.165, 1.54) is 19.3 Å². The molecule has 0 amide bonds. The number of nitrogens with zero attached hydrogens (tertiary/aromatic N) is 4. The maximum Gasteiger partial charge on any atom is 0.406 e. The van der Waals surface area contributed by atoms with Crippen LogP contribution in [0.2, 0.25) is 5.02 Å². The lowest BCUT2D eigenvalue weighted by Gasteiger charge is -2.12. The lowest BCUT2D eigenvalue weighted by atomic mass is 10.2. The third kappa shape index (κ3) is 4.59. The number of hydrogen-bond donors (Lipinski definition) is 0. The van der Waals surface area contributed by atoms with Crippen LogP contribution in [0.15, 0.2) is 41.8 Å². The molecule has 0 saturated carbocycles. The standard InChI is InChI=1S/C18H16ClF3N4OS/c1-11-6-15(12(2)25(11)9-18(20,21)22)16(27)8-28-17-24-23-10-26(17)14-5-3-4-13(19)7-14/h3-7,10H,8-9H2,1-2H3. The van der Waals surface area contributed by atoms with Crippen molar-refractivity contribution < 1.29 is 18.0 Å². The number of ketones is 1. The average Bonchev–Trinajstić information content (AvgIpc) is 3.18. The molecule has 0 bridgehead atoms. The van der Waals surface area contributed by atoms with Crippen LogP contribution in [0.5, 0.6) is 0 Å². The molecule has 0 aliphatic carbocycles. The van der Waals surface area contributed by atoms with Gasteiger partial charge in [0.1, 0.15) is 12.9 Å². The summed E-state index contributed by atoms with van der Waals surface area (Å²) < 4.78 is 41.0. The van der Waals surface area contributed by atoms with Crippen LogP contribution in [0.3, 0.4) is 0 Å². The van der Waals surface area contributed by atoms with Gasteiger partial charge in [0.05, 0.1) is 11.4 Å². The predicted octanol–water partition coefficient (Wildman–Crippen LogP) is 4.88. The van der Waals surface area contributed by atoms with E-state index in [4.69, 9.17) is 11.6 Å². The lowest BCUT2D eigenvalue weighted by Crippen LogP contribution is -2.19. The monoisotopic (exact) mass is 428 g/mol. The Kier molecular flexibility index (Phi) is 5.85. The van der Waals surface area contributed by atoms with E-state index in [0.717, 1.165) is 22.0 Å². The van der Waals surface area contributed by atoms with E-state index < -0.39 is 12.7 Å². The van der Waals surface area contributed by atoms with Crippen LogP contribution < -0.4 is 0 Å². The molecule has 0 unspecified atom stereocenters. The first-order chi connectivity index (χ1) is 13.2. The molecule has 2 aromatic heterocycles. The Morgan fingerprint density at radius 1 is 1.25 bits per heavy atom. The van der Waals surface area contributed by atoms with Crippen LogP contribution in [0.25, 0.3) is 5.69 Å². The number of carbonyl (C=O) groups excluding carboxylic acids is 1. The summed E-state index contributed by atoms with van der Waals surface area (Å²) in [4.78, 5) is 12.6. The van der Waals surface area contributed by atoms with E-state index in [9.17, 15) is 18.0 Å². The van der Waals surface area contributed by atoms with Gasteiger partial charge in [-0.2, -0.15) is 13.2 Å². The second-order valence-electron chi connectivity index (χ2n) is 6.16. The number of halogens is 4. The lowest BCUT2D eigenvalue weighted by molar-refractivity contribution is -0.141. The van der Waals surface area contributed by atoms with Crippen molar-refractivity contribution in [2.24, 2.45) is 0 Å². The highest BCUT2D eigenvalue weighted by molar-refractivity contribution is 7.99. The summed E-state index contributed by atoms with van der Waals surface area (Å²) >= 11 is 7.16. The van der Waals surface area contributed by atoms with E-state index >= 15 is 0 Å². The highest BCUT2D eigenvalue weighted by Gasteiger charge is 2.30. The minimum Gasteiger partial charge on any atom is -0.339 e. The summed E-state index contributed by atoms with van der Waals surface area (Å²) in [5, 5.41) is 8.91. The van der Waals surface area contributed by atoms with Crippen LogP contribution in [-0.2, 0) is 6.54 Å². The number of aryl methyl sites for hydroxylation is 1. The summed E-state index contributed by atoms with van der Waals surface area (Å²) in [6.07, 6.45) is -2.84. The van der Waals surface area contributed by atoms with Gasteiger partial charge in [0.25, 0.3) is 0 Å². The first-order valence-corrected chi connectivity index (χ1v) is 9.57. The molecule has 10 heteroatoms. The Morgan fingerprint density at radius 3 is 2.68 bits per heavy atom. The van der Waals surface area contributed by atoms with Gasteiger partial charge < -0.3 is 4.57 Å². The van der Waals surface area contributed by atoms with Gasteiger partial charge in [0.2, 0.25) is 0 Å². The highest BCUT2D eigenvalue weighted by Crippen LogP contribution is 2.26. The number of rotatable bonds is 6. The molecule has 3 aromatic rings. The number of carbonyl (C=O) groups is 1. The Labute approximate surface area is 168 Å². The molecular weight excluding hydrogens is 413 g/mol. The minimum atomic E-state index is -4.35. The van der Waals surface area contributed by atoms with Gasteiger partial charge in [0.15, 0.2) is 10.9 Å². The molecular formula is C18H16ClF3N4OS. The summed E-state index contributed by atoms with van der Waals surface area (Å²) in [7, 11) is 0. The summed E-state index contributed by atoms with van der Waals surface area (Å²) in [6.45, 7) is 1.96. The Bertz CT molecular complexity index is 1010. The minimum absolute atomic E-state index is 0.0234. The third-order valence-corrected chi connectivity index (χ3v) is 5.32. The summed E-state index contributed by atoms with van der Waals surface area (Å²) in [5.41, 5.74) is 1.72. The predicted molar refractivity (Wildman–Crippen MR) is 101 cm³/mol. The smallest absolute Gasteiger partial charge is 0.339 e. The van der Waals surface area contributed by atoms with Crippen molar-refractivity contribution in [3.8, 4) is 5.69 Å². The van der Waals surface area contributed by atoms with Crippen molar-refractivity contribution in [2.45, 2.75) is 31.7 Å². The maximum atomic E-state index is 12.7. The topological polar surface area (TPSA) is 52.7 Å². The Balaban J connectivity index is 1.76. The van der Waals surface area contributed by atoms with Crippen molar-refractivity contribution in [3.63, 3.8) is 0 Å². The fourth-order valence-electron chi connectivity index (χ4n) is 2.84. The SMILES string of the molecule is Cc1cc(C(=O)CSc2nncn2-c2cccc(Cl)c2)c(C)n1CC(F)(F)F. The first-order valence-electron chi connectivity index (χ1n) is 8.21. The van der Waals surface area contributed by atoms with Crippen LogP contribution >= 0.6 is 23.4 Å². The Morgan fingerprint density at radius 2 is 2.00 bits per heavy atom. The molecule has 3 rings (SSSR count). The molecule has 1 aromatic carbocycles. The van der Waals surface area contributed by atoms with Crippen LogP contribution in [0.1, 0.15) is 21.7 Å². The van der Waals surface area contributed by atoms with Gasteiger partial charge in [0, 0.05) is 22.0 Å². The molecule has 0 radical (unpaired) electrons.